The Balaban J connectivity index is 1.53. The van der Waals surface area contributed by atoms with E-state index in [1.807, 2.05) is 12.1 Å². The lowest BCUT2D eigenvalue weighted by Crippen LogP contribution is -2.37. The molecular weight excluding hydrogens is 335 g/mol. The monoisotopic (exact) mass is 354 g/mol. The number of halogens is 1. The second-order valence-electron chi connectivity index (χ2n) is 6.44. The minimum absolute atomic E-state index is 0.204. The molecule has 1 aromatic carbocycles. The average Bonchev–Trinajstić information content (AvgIpc) is 3.18. The van der Waals surface area contributed by atoms with Crippen LogP contribution < -0.4 is 4.90 Å². The van der Waals surface area contributed by atoms with E-state index in [0.717, 1.165) is 31.7 Å². The van der Waals surface area contributed by atoms with Crippen molar-refractivity contribution in [1.29, 1.82) is 0 Å². The second kappa shape index (κ2) is 7.21. The number of piperidine rings is 1. The van der Waals surface area contributed by atoms with Crippen molar-refractivity contribution in [2.75, 3.05) is 24.6 Å². The van der Waals surface area contributed by atoms with Crippen LogP contribution in [0.1, 0.15) is 12.8 Å². The normalized spacial score (nSPS) is 17.5. The van der Waals surface area contributed by atoms with Crippen molar-refractivity contribution in [2.24, 2.45) is 5.92 Å². The lowest BCUT2D eigenvalue weighted by Gasteiger charge is -2.32. The van der Waals surface area contributed by atoms with Crippen LogP contribution in [0.15, 0.2) is 47.1 Å². The third-order valence-electron chi connectivity index (χ3n) is 4.64. The van der Waals surface area contributed by atoms with Crippen molar-refractivity contribution in [3.05, 3.63) is 48.4 Å². The smallest absolute Gasteiger partial charge is 0.259 e. The summed E-state index contributed by atoms with van der Waals surface area (Å²) in [6, 6.07) is 10.1. The number of anilines is 1. The van der Waals surface area contributed by atoms with Gasteiger partial charge in [0.25, 0.3) is 5.89 Å². The molecule has 7 heteroatoms. The van der Waals surface area contributed by atoms with Crippen molar-refractivity contribution < 1.29 is 14.0 Å². The highest BCUT2D eigenvalue weighted by Crippen LogP contribution is 2.26. The van der Waals surface area contributed by atoms with Crippen LogP contribution in [0.3, 0.4) is 0 Å². The van der Waals surface area contributed by atoms with Crippen molar-refractivity contribution in [3.63, 3.8) is 0 Å². The number of aromatic nitrogens is 3. The van der Waals surface area contributed by atoms with E-state index >= 15 is 0 Å². The van der Waals surface area contributed by atoms with Crippen molar-refractivity contribution in [1.82, 2.24) is 15.1 Å². The number of nitrogens with zero attached hydrogens (tertiary/aromatic N) is 4. The van der Waals surface area contributed by atoms with Gasteiger partial charge in [-0.25, -0.2) is 9.37 Å². The summed E-state index contributed by atoms with van der Waals surface area (Å²) in [5.41, 5.74) is 0.981. The zero-order valence-electron chi connectivity index (χ0n) is 14.2. The first kappa shape index (κ1) is 16.7. The Morgan fingerprint density at radius 1 is 1.23 bits per heavy atom. The van der Waals surface area contributed by atoms with Crippen molar-refractivity contribution >= 4 is 5.82 Å². The van der Waals surface area contributed by atoms with Gasteiger partial charge in [-0.05, 0) is 43.0 Å². The molecule has 0 spiro atoms. The minimum atomic E-state index is -0.392. The van der Waals surface area contributed by atoms with Gasteiger partial charge in [0.1, 0.15) is 11.6 Å². The molecule has 1 atom stereocenters. The van der Waals surface area contributed by atoms with Gasteiger partial charge in [-0.1, -0.05) is 17.3 Å². The fraction of sp³-hybridized carbons (Fsp3) is 0.316. The van der Waals surface area contributed by atoms with Gasteiger partial charge >= 0.3 is 0 Å². The molecule has 26 heavy (non-hydrogen) atoms. The molecule has 1 unspecified atom stereocenters. The maximum absolute atomic E-state index is 13.8. The van der Waals surface area contributed by atoms with Crippen LogP contribution in [0.4, 0.5) is 10.2 Å². The highest BCUT2D eigenvalue weighted by atomic mass is 19.1. The van der Waals surface area contributed by atoms with Crippen LogP contribution in [0.5, 0.6) is 0 Å². The molecule has 1 N–H and O–H groups in total. The van der Waals surface area contributed by atoms with Gasteiger partial charge in [-0.3, -0.25) is 0 Å². The molecule has 0 aliphatic carbocycles. The number of hydrogen-bond donors (Lipinski definition) is 1. The molecule has 0 radical (unpaired) electrons. The number of benzene rings is 1. The lowest BCUT2D eigenvalue weighted by atomic mass is 9.99. The summed E-state index contributed by atoms with van der Waals surface area (Å²) in [7, 11) is 0. The predicted octanol–water partition coefficient (Wildman–Crippen LogP) is 3.15. The zero-order valence-corrected chi connectivity index (χ0v) is 14.2. The van der Waals surface area contributed by atoms with Crippen LogP contribution >= 0.6 is 0 Å². The van der Waals surface area contributed by atoms with E-state index in [0.29, 0.717) is 22.9 Å². The quantitative estimate of drug-likeness (QED) is 0.776. The fourth-order valence-corrected chi connectivity index (χ4v) is 3.21. The molecular formula is C19H19FN4O2. The summed E-state index contributed by atoms with van der Waals surface area (Å²) in [5.74, 6) is 1.28. The van der Waals surface area contributed by atoms with E-state index in [-0.39, 0.29) is 12.4 Å². The highest BCUT2D eigenvalue weighted by Gasteiger charge is 2.20. The van der Waals surface area contributed by atoms with Gasteiger partial charge in [0.2, 0.25) is 5.82 Å². The summed E-state index contributed by atoms with van der Waals surface area (Å²) in [4.78, 5) is 10.9. The average molecular weight is 354 g/mol. The summed E-state index contributed by atoms with van der Waals surface area (Å²) in [6.07, 6.45) is 3.77. The van der Waals surface area contributed by atoms with Crippen LogP contribution in [-0.2, 0) is 0 Å². The SMILES string of the molecule is OCC1CCCN(c2ccc(-c3nc(-c4ccccc4F)no3)cn2)C1. The van der Waals surface area contributed by atoms with Gasteiger partial charge < -0.3 is 14.5 Å². The van der Waals surface area contributed by atoms with Crippen molar-refractivity contribution in [3.8, 4) is 22.8 Å². The lowest BCUT2D eigenvalue weighted by molar-refractivity contribution is 0.208. The Morgan fingerprint density at radius 3 is 2.88 bits per heavy atom. The fourth-order valence-electron chi connectivity index (χ4n) is 3.21. The van der Waals surface area contributed by atoms with Gasteiger partial charge in [0.15, 0.2) is 0 Å². The first-order valence-corrected chi connectivity index (χ1v) is 8.65. The molecule has 6 nitrogen and oxygen atoms in total. The molecule has 0 saturated carbocycles. The second-order valence-corrected chi connectivity index (χ2v) is 6.44. The topological polar surface area (TPSA) is 75.3 Å². The van der Waals surface area contributed by atoms with Crippen molar-refractivity contribution in [2.45, 2.75) is 12.8 Å². The molecule has 134 valence electrons. The number of aliphatic hydroxyl groups is 1. The van der Waals surface area contributed by atoms with Gasteiger partial charge in [-0.15, -0.1) is 0 Å². The maximum Gasteiger partial charge on any atom is 0.259 e. The minimum Gasteiger partial charge on any atom is -0.396 e. The molecule has 1 saturated heterocycles. The number of aliphatic hydroxyl groups excluding tert-OH is 1. The molecule has 1 aliphatic rings. The first-order valence-electron chi connectivity index (χ1n) is 8.65. The van der Waals surface area contributed by atoms with E-state index in [2.05, 4.69) is 20.0 Å². The van der Waals surface area contributed by atoms with E-state index in [1.165, 1.54) is 6.07 Å². The van der Waals surface area contributed by atoms with Crippen LogP contribution in [0, 0.1) is 11.7 Å². The first-order chi connectivity index (χ1) is 12.7. The molecule has 1 aliphatic heterocycles. The van der Waals surface area contributed by atoms with Gasteiger partial charge in [-0.2, -0.15) is 4.98 Å². The third kappa shape index (κ3) is 3.30. The molecule has 1 fully saturated rings. The summed E-state index contributed by atoms with van der Waals surface area (Å²) in [5, 5.41) is 13.2. The molecule has 0 amide bonds. The summed E-state index contributed by atoms with van der Waals surface area (Å²) >= 11 is 0. The Hall–Kier alpha value is -2.80. The number of rotatable bonds is 4. The molecule has 3 heterocycles. The highest BCUT2D eigenvalue weighted by molar-refractivity contribution is 5.60. The Bertz CT molecular complexity index is 881. The van der Waals surface area contributed by atoms with Crippen LogP contribution in [-0.4, -0.2) is 39.9 Å². The number of hydrogen-bond acceptors (Lipinski definition) is 6. The Morgan fingerprint density at radius 2 is 2.12 bits per heavy atom. The van der Waals surface area contributed by atoms with Crippen LogP contribution in [0.2, 0.25) is 0 Å². The third-order valence-corrected chi connectivity index (χ3v) is 4.64. The molecule has 2 aromatic heterocycles. The Kier molecular flexibility index (Phi) is 4.62. The Labute approximate surface area is 150 Å². The van der Waals surface area contributed by atoms with E-state index in [4.69, 9.17) is 4.52 Å². The van der Waals surface area contributed by atoms with Gasteiger partial charge in [0.05, 0.1) is 11.1 Å². The predicted molar refractivity (Wildman–Crippen MR) is 94.9 cm³/mol. The van der Waals surface area contributed by atoms with Crippen LogP contribution in [0.25, 0.3) is 22.8 Å². The molecule has 0 bridgehead atoms. The van der Waals surface area contributed by atoms with E-state index < -0.39 is 5.82 Å². The largest absolute Gasteiger partial charge is 0.396 e. The van der Waals surface area contributed by atoms with E-state index in [1.54, 1.807) is 24.4 Å². The summed E-state index contributed by atoms with van der Waals surface area (Å²) < 4.78 is 19.1. The van der Waals surface area contributed by atoms with E-state index in [9.17, 15) is 9.50 Å². The number of pyridine rings is 1. The standard InChI is InChI=1S/C19H19FN4O2/c20-16-6-2-1-5-15(16)18-22-19(26-23-18)14-7-8-17(21-10-14)24-9-3-4-13(11-24)12-25/h1-2,5-8,10,13,25H,3-4,9,11-12H2. The molecule has 4 rings (SSSR count). The zero-order chi connectivity index (χ0) is 17.9. The molecule has 3 aromatic rings. The van der Waals surface area contributed by atoms with Gasteiger partial charge in [0, 0.05) is 25.9 Å². The maximum atomic E-state index is 13.8. The summed E-state index contributed by atoms with van der Waals surface area (Å²) in [6.45, 7) is 1.94.